The summed E-state index contributed by atoms with van der Waals surface area (Å²) in [6.07, 6.45) is 4.46. The van der Waals surface area contributed by atoms with Gasteiger partial charge < -0.3 is 14.2 Å². The second-order valence-electron chi connectivity index (χ2n) is 6.48. The van der Waals surface area contributed by atoms with Crippen LogP contribution in [0.2, 0.25) is 0 Å². The number of methoxy groups -OCH3 is 1. The van der Waals surface area contributed by atoms with Gasteiger partial charge in [-0.3, -0.25) is 4.79 Å². The van der Waals surface area contributed by atoms with E-state index in [1.165, 1.54) is 5.69 Å². The van der Waals surface area contributed by atoms with Crippen LogP contribution < -0.4 is 4.74 Å². The minimum absolute atomic E-state index is 0.184. The van der Waals surface area contributed by atoms with E-state index in [9.17, 15) is 4.79 Å². The molecule has 1 fully saturated rings. The molecule has 1 saturated heterocycles. The Morgan fingerprint density at radius 3 is 2.92 bits per heavy atom. The second kappa shape index (κ2) is 7.07. The largest absolute Gasteiger partial charge is 0.497 e. The van der Waals surface area contributed by atoms with Gasteiger partial charge in [-0.25, -0.2) is 4.98 Å². The molecule has 1 aliphatic rings. The quantitative estimate of drug-likeness (QED) is 0.867. The summed E-state index contributed by atoms with van der Waals surface area (Å²) in [6, 6.07) is 8.07. The number of aryl methyl sites for hydroxylation is 2. The monoisotopic (exact) mass is 327 g/mol. The number of hydrogen-bond donors (Lipinski definition) is 0. The highest BCUT2D eigenvalue weighted by molar-refractivity contribution is 5.79. The van der Waals surface area contributed by atoms with Gasteiger partial charge in [0.2, 0.25) is 5.91 Å². The first-order valence-corrected chi connectivity index (χ1v) is 8.49. The summed E-state index contributed by atoms with van der Waals surface area (Å²) in [4.78, 5) is 19.1. The van der Waals surface area contributed by atoms with Crippen molar-refractivity contribution in [3.63, 3.8) is 0 Å². The van der Waals surface area contributed by atoms with Crippen molar-refractivity contribution in [2.24, 2.45) is 0 Å². The molecule has 0 saturated carbocycles. The minimum atomic E-state index is 0.184. The number of rotatable bonds is 4. The summed E-state index contributed by atoms with van der Waals surface area (Å²) >= 11 is 0. The third kappa shape index (κ3) is 3.45. The number of carbonyl (C=O) groups is 1. The number of carbonyl (C=O) groups excluding carboxylic acids is 1. The molecule has 0 N–H and O–H groups in total. The number of hydrogen-bond acceptors (Lipinski definition) is 3. The number of imidazole rings is 1. The average Bonchev–Trinajstić information content (AvgIpc) is 2.93. The Hall–Kier alpha value is -2.30. The third-order valence-corrected chi connectivity index (χ3v) is 4.77. The van der Waals surface area contributed by atoms with Crippen LogP contribution in [-0.2, 0) is 11.2 Å². The summed E-state index contributed by atoms with van der Waals surface area (Å²) in [7, 11) is 1.64. The van der Waals surface area contributed by atoms with E-state index >= 15 is 0 Å². The Morgan fingerprint density at radius 2 is 2.21 bits per heavy atom. The van der Waals surface area contributed by atoms with E-state index in [0.717, 1.165) is 43.1 Å². The van der Waals surface area contributed by atoms with Crippen molar-refractivity contribution in [1.29, 1.82) is 0 Å². The molecule has 0 radical (unpaired) electrons. The lowest BCUT2D eigenvalue weighted by molar-refractivity contribution is -0.132. The molecule has 1 aromatic heterocycles. The zero-order valence-corrected chi connectivity index (χ0v) is 14.7. The molecular weight excluding hydrogens is 302 g/mol. The maximum atomic E-state index is 12.7. The number of nitrogens with zero attached hydrogens (tertiary/aromatic N) is 3. The zero-order valence-electron chi connectivity index (χ0n) is 14.7. The van der Waals surface area contributed by atoms with Crippen LogP contribution >= 0.6 is 0 Å². The molecule has 2 aromatic rings. The molecule has 1 aromatic carbocycles. The van der Waals surface area contributed by atoms with Gasteiger partial charge in [0.1, 0.15) is 11.6 Å². The van der Waals surface area contributed by atoms with Crippen molar-refractivity contribution in [3.05, 3.63) is 47.5 Å². The summed E-state index contributed by atoms with van der Waals surface area (Å²) in [5.41, 5.74) is 2.16. The van der Waals surface area contributed by atoms with Crippen LogP contribution in [0.15, 0.2) is 30.5 Å². The van der Waals surface area contributed by atoms with E-state index < -0.39 is 0 Å². The smallest absolute Gasteiger partial charge is 0.227 e. The van der Waals surface area contributed by atoms with Gasteiger partial charge in [0, 0.05) is 25.0 Å². The van der Waals surface area contributed by atoms with Crippen molar-refractivity contribution < 1.29 is 9.53 Å². The molecule has 1 amide bonds. The Morgan fingerprint density at radius 1 is 1.38 bits per heavy atom. The molecule has 128 valence electrons. The van der Waals surface area contributed by atoms with Crippen LogP contribution in [0.25, 0.3) is 0 Å². The highest BCUT2D eigenvalue weighted by Crippen LogP contribution is 2.25. The van der Waals surface area contributed by atoms with Crippen molar-refractivity contribution >= 4 is 5.91 Å². The Bertz CT molecular complexity index is 704. The maximum absolute atomic E-state index is 12.7. The lowest BCUT2D eigenvalue weighted by Gasteiger charge is -2.34. The Balaban J connectivity index is 1.69. The zero-order chi connectivity index (χ0) is 17.1. The van der Waals surface area contributed by atoms with Gasteiger partial charge in [0.15, 0.2) is 0 Å². The van der Waals surface area contributed by atoms with Crippen LogP contribution in [0.1, 0.15) is 36.0 Å². The summed E-state index contributed by atoms with van der Waals surface area (Å²) in [5, 5.41) is 0. The lowest BCUT2D eigenvalue weighted by Crippen LogP contribution is -2.41. The normalized spacial score (nSPS) is 17.8. The molecule has 2 heterocycles. The Kier molecular flexibility index (Phi) is 4.88. The fourth-order valence-corrected chi connectivity index (χ4v) is 3.58. The van der Waals surface area contributed by atoms with Crippen LogP contribution in [-0.4, -0.2) is 40.6 Å². The number of amides is 1. The van der Waals surface area contributed by atoms with Gasteiger partial charge in [-0.2, -0.15) is 0 Å². The molecule has 5 nitrogen and oxygen atoms in total. The van der Waals surface area contributed by atoms with E-state index in [2.05, 4.69) is 16.5 Å². The predicted molar refractivity (Wildman–Crippen MR) is 93.3 cm³/mol. The SMILES string of the molecule is COc1cccc(CC(=O)N2CCCC(n3c(C)cnc3C)C2)c1. The van der Waals surface area contributed by atoms with Gasteiger partial charge in [0.05, 0.1) is 19.6 Å². The Labute approximate surface area is 143 Å². The molecule has 0 bridgehead atoms. The van der Waals surface area contributed by atoms with Gasteiger partial charge in [0.25, 0.3) is 0 Å². The third-order valence-electron chi connectivity index (χ3n) is 4.77. The molecule has 1 aliphatic heterocycles. The average molecular weight is 327 g/mol. The lowest BCUT2D eigenvalue weighted by atomic mass is 10.0. The fraction of sp³-hybridized carbons (Fsp3) is 0.474. The molecular formula is C19H25N3O2. The molecule has 24 heavy (non-hydrogen) atoms. The first-order valence-electron chi connectivity index (χ1n) is 8.49. The summed E-state index contributed by atoms with van der Waals surface area (Å²) in [6.45, 7) is 5.72. The molecule has 0 aliphatic carbocycles. The van der Waals surface area contributed by atoms with Crippen LogP contribution in [0.5, 0.6) is 5.75 Å². The van der Waals surface area contributed by atoms with E-state index in [1.807, 2.05) is 42.3 Å². The molecule has 5 heteroatoms. The van der Waals surface area contributed by atoms with Crippen molar-refractivity contribution in [2.45, 2.75) is 39.2 Å². The molecule has 0 spiro atoms. The molecule has 3 rings (SSSR count). The summed E-state index contributed by atoms with van der Waals surface area (Å²) in [5.74, 6) is 2.00. The van der Waals surface area contributed by atoms with E-state index in [-0.39, 0.29) is 5.91 Å². The highest BCUT2D eigenvalue weighted by Gasteiger charge is 2.26. The maximum Gasteiger partial charge on any atom is 0.227 e. The fourth-order valence-electron chi connectivity index (χ4n) is 3.58. The highest BCUT2D eigenvalue weighted by atomic mass is 16.5. The number of ether oxygens (including phenoxy) is 1. The number of benzene rings is 1. The number of likely N-dealkylation sites (tertiary alicyclic amines) is 1. The van der Waals surface area contributed by atoms with Gasteiger partial charge >= 0.3 is 0 Å². The van der Waals surface area contributed by atoms with Crippen molar-refractivity contribution in [1.82, 2.24) is 14.5 Å². The van der Waals surface area contributed by atoms with Gasteiger partial charge in [-0.05, 0) is 44.4 Å². The molecule has 1 atom stereocenters. The topological polar surface area (TPSA) is 47.4 Å². The van der Waals surface area contributed by atoms with E-state index in [1.54, 1.807) is 7.11 Å². The van der Waals surface area contributed by atoms with Crippen LogP contribution in [0.4, 0.5) is 0 Å². The predicted octanol–water partition coefficient (Wildman–Crippen LogP) is 2.91. The van der Waals surface area contributed by atoms with Gasteiger partial charge in [-0.15, -0.1) is 0 Å². The first-order chi connectivity index (χ1) is 11.6. The summed E-state index contributed by atoms with van der Waals surface area (Å²) < 4.78 is 7.51. The minimum Gasteiger partial charge on any atom is -0.497 e. The second-order valence-corrected chi connectivity index (χ2v) is 6.48. The number of piperidine rings is 1. The number of aromatic nitrogens is 2. The standard InChI is InChI=1S/C19H25N3O2/c1-14-12-20-15(2)22(14)17-7-5-9-21(13-17)19(23)11-16-6-4-8-18(10-16)24-3/h4,6,8,10,12,17H,5,7,9,11,13H2,1-3H3. The molecule has 1 unspecified atom stereocenters. The van der Waals surface area contributed by atoms with E-state index in [0.29, 0.717) is 12.5 Å². The van der Waals surface area contributed by atoms with Crippen molar-refractivity contribution in [2.75, 3.05) is 20.2 Å². The van der Waals surface area contributed by atoms with Crippen LogP contribution in [0, 0.1) is 13.8 Å². The van der Waals surface area contributed by atoms with Crippen LogP contribution in [0.3, 0.4) is 0 Å². The first kappa shape index (κ1) is 16.6. The van der Waals surface area contributed by atoms with E-state index in [4.69, 9.17) is 4.74 Å². The van der Waals surface area contributed by atoms with Crippen molar-refractivity contribution in [3.8, 4) is 5.75 Å². The van der Waals surface area contributed by atoms with Gasteiger partial charge in [-0.1, -0.05) is 12.1 Å².